The molecule has 0 heterocycles. The number of esters is 1. The van der Waals surface area contributed by atoms with Crippen molar-refractivity contribution in [3.8, 4) is 0 Å². The minimum Gasteiger partial charge on any atom is -0.469 e. The molecule has 1 aliphatic carbocycles. The maximum absolute atomic E-state index is 13.9. The number of rotatable bonds is 13. The fourth-order valence-corrected chi connectivity index (χ4v) is 4.10. The van der Waals surface area contributed by atoms with Crippen LogP contribution in [0.3, 0.4) is 0 Å². The van der Waals surface area contributed by atoms with E-state index in [1.807, 2.05) is 19.1 Å². The molecule has 160 valence electrons. The van der Waals surface area contributed by atoms with Crippen molar-refractivity contribution in [2.75, 3.05) is 7.11 Å². The number of thiol groups is 1. The number of unbranched alkanes of at least 4 members (excludes halogenated alkanes) is 2. The average molecular weight is 419 g/mol. The summed E-state index contributed by atoms with van der Waals surface area (Å²) in [5, 5.41) is -0.192. The third-order valence-corrected chi connectivity index (χ3v) is 5.89. The molecule has 0 amide bonds. The highest BCUT2D eigenvalue weighted by Gasteiger charge is 2.42. The van der Waals surface area contributed by atoms with Gasteiger partial charge in [0.15, 0.2) is 0 Å². The monoisotopic (exact) mass is 418 g/mol. The molecule has 1 saturated carbocycles. The van der Waals surface area contributed by atoms with E-state index in [2.05, 4.69) is 17.4 Å². The molecule has 3 atom stereocenters. The summed E-state index contributed by atoms with van der Waals surface area (Å²) >= 11 is 4.45. The lowest BCUT2D eigenvalue weighted by Gasteiger charge is -2.21. The predicted octanol–water partition coefficient (Wildman–Crippen LogP) is 4.95. The zero-order chi connectivity index (χ0) is 21.2. The molecule has 0 aliphatic heterocycles. The number of carbonyl (C=O) groups is 3. The second kappa shape index (κ2) is 12.3. The van der Waals surface area contributed by atoms with Crippen LogP contribution in [0.1, 0.15) is 71.1 Å². The summed E-state index contributed by atoms with van der Waals surface area (Å²) in [4.78, 5) is 35.2. The van der Waals surface area contributed by atoms with Crippen LogP contribution >= 0.6 is 12.6 Å². The Kier molecular flexibility index (Phi) is 10.9. The predicted molar refractivity (Wildman–Crippen MR) is 108 cm³/mol. The Hall–Kier alpha value is -1.24. The Morgan fingerprint density at radius 3 is 2.61 bits per heavy atom. The molecule has 28 heavy (non-hydrogen) atoms. The summed E-state index contributed by atoms with van der Waals surface area (Å²) in [5.74, 6) is -4.93. The van der Waals surface area contributed by atoms with Crippen molar-refractivity contribution in [2.45, 2.75) is 82.3 Å². The summed E-state index contributed by atoms with van der Waals surface area (Å²) in [6, 6.07) is 0. The van der Waals surface area contributed by atoms with Crippen LogP contribution < -0.4 is 0 Å². The summed E-state index contributed by atoms with van der Waals surface area (Å²) in [6.07, 6.45) is 6.94. The van der Waals surface area contributed by atoms with Gasteiger partial charge in [-0.3, -0.25) is 14.4 Å². The molecule has 0 saturated heterocycles. The van der Waals surface area contributed by atoms with Crippen LogP contribution in [0.2, 0.25) is 0 Å². The fraction of sp³-hybridized carbons (Fsp3) is 0.762. The van der Waals surface area contributed by atoms with Crippen molar-refractivity contribution >= 4 is 30.2 Å². The van der Waals surface area contributed by atoms with Gasteiger partial charge in [-0.1, -0.05) is 25.5 Å². The van der Waals surface area contributed by atoms with Crippen LogP contribution in [0.4, 0.5) is 8.78 Å². The number of ketones is 2. The van der Waals surface area contributed by atoms with Gasteiger partial charge in [0.05, 0.1) is 7.11 Å². The fourth-order valence-electron chi connectivity index (χ4n) is 3.56. The maximum atomic E-state index is 13.9. The van der Waals surface area contributed by atoms with Gasteiger partial charge >= 0.3 is 11.9 Å². The second-order valence-corrected chi connectivity index (χ2v) is 8.12. The summed E-state index contributed by atoms with van der Waals surface area (Å²) < 4.78 is 32.3. The summed E-state index contributed by atoms with van der Waals surface area (Å²) in [6.45, 7) is 1.81. The normalized spacial score (nSPS) is 22.8. The first kappa shape index (κ1) is 24.8. The number of methoxy groups -OCH3 is 1. The van der Waals surface area contributed by atoms with E-state index in [9.17, 15) is 23.2 Å². The van der Waals surface area contributed by atoms with E-state index in [-0.39, 0.29) is 41.7 Å². The Labute approximate surface area is 171 Å². The summed E-state index contributed by atoms with van der Waals surface area (Å²) in [5.41, 5.74) is 0. The van der Waals surface area contributed by atoms with Gasteiger partial charge in [0.2, 0.25) is 5.78 Å². The first-order chi connectivity index (χ1) is 13.2. The van der Waals surface area contributed by atoms with Crippen molar-refractivity contribution in [1.82, 2.24) is 0 Å². The van der Waals surface area contributed by atoms with Crippen LogP contribution in [-0.4, -0.2) is 35.8 Å². The van der Waals surface area contributed by atoms with E-state index in [1.165, 1.54) is 7.11 Å². The van der Waals surface area contributed by atoms with E-state index in [4.69, 9.17) is 0 Å². The Bertz CT molecular complexity index is 563. The maximum Gasteiger partial charge on any atom is 0.305 e. The van der Waals surface area contributed by atoms with Crippen LogP contribution in [0.5, 0.6) is 0 Å². The third kappa shape index (κ3) is 8.02. The SMILES string of the molecule is CCCCC(F)(F)C(=O)CCC1C(S)CC(=O)C1C/C=C/CCCC(=O)OC. The summed E-state index contributed by atoms with van der Waals surface area (Å²) in [7, 11) is 1.35. The zero-order valence-corrected chi connectivity index (χ0v) is 17.7. The van der Waals surface area contributed by atoms with Crippen molar-refractivity contribution in [3.63, 3.8) is 0 Å². The van der Waals surface area contributed by atoms with E-state index in [0.29, 0.717) is 44.9 Å². The zero-order valence-electron chi connectivity index (χ0n) is 16.8. The van der Waals surface area contributed by atoms with E-state index >= 15 is 0 Å². The van der Waals surface area contributed by atoms with E-state index in [0.717, 1.165) is 0 Å². The highest BCUT2D eigenvalue weighted by Crippen LogP contribution is 2.39. The molecular weight excluding hydrogens is 386 g/mol. The van der Waals surface area contributed by atoms with Crippen LogP contribution in [0.25, 0.3) is 0 Å². The number of alkyl halides is 2. The van der Waals surface area contributed by atoms with Crippen molar-refractivity contribution in [1.29, 1.82) is 0 Å². The number of carbonyl (C=O) groups excluding carboxylic acids is 3. The number of halogens is 2. The quantitative estimate of drug-likeness (QED) is 0.199. The van der Waals surface area contributed by atoms with E-state index < -0.39 is 18.1 Å². The molecule has 0 bridgehead atoms. The lowest BCUT2D eigenvalue weighted by molar-refractivity contribution is -0.144. The molecule has 1 rings (SSSR count). The number of Topliss-reactive ketones (excluding diaryl/α,β-unsaturated/α-hetero) is 2. The number of allylic oxidation sites excluding steroid dienone is 2. The minimum atomic E-state index is -3.28. The highest BCUT2D eigenvalue weighted by molar-refractivity contribution is 7.81. The first-order valence-corrected chi connectivity index (χ1v) is 10.6. The number of ether oxygens (including phenoxy) is 1. The lowest BCUT2D eigenvalue weighted by atomic mass is 9.86. The Morgan fingerprint density at radius 1 is 1.25 bits per heavy atom. The molecule has 4 nitrogen and oxygen atoms in total. The molecule has 0 radical (unpaired) electrons. The van der Waals surface area contributed by atoms with Gasteiger partial charge in [0, 0.05) is 36.9 Å². The second-order valence-electron chi connectivity index (χ2n) is 7.45. The smallest absolute Gasteiger partial charge is 0.305 e. The van der Waals surface area contributed by atoms with Crippen LogP contribution in [0.15, 0.2) is 12.2 Å². The largest absolute Gasteiger partial charge is 0.469 e. The highest BCUT2D eigenvalue weighted by atomic mass is 32.1. The van der Waals surface area contributed by atoms with Gasteiger partial charge in [-0.25, -0.2) is 0 Å². The van der Waals surface area contributed by atoms with E-state index in [1.54, 1.807) is 0 Å². The molecular formula is C21H32F2O4S. The molecule has 0 aromatic carbocycles. The van der Waals surface area contributed by atoms with Gasteiger partial charge in [-0.2, -0.15) is 21.4 Å². The molecule has 7 heteroatoms. The lowest BCUT2D eigenvalue weighted by Crippen LogP contribution is -2.30. The molecule has 0 N–H and O–H groups in total. The van der Waals surface area contributed by atoms with Gasteiger partial charge in [0.25, 0.3) is 0 Å². The number of hydrogen-bond donors (Lipinski definition) is 1. The molecule has 1 fully saturated rings. The standard InChI is InChI=1S/C21H32F2O4S/c1-3-4-13-21(22,23)19(25)12-11-16-15(17(24)14-18(16)28)9-7-5-6-8-10-20(26)27-2/h5,7,15-16,18,28H,3-4,6,8-14H2,1-2H3/b7-5+. The van der Waals surface area contributed by atoms with Gasteiger partial charge in [0.1, 0.15) is 5.78 Å². The van der Waals surface area contributed by atoms with Crippen molar-refractivity contribution in [2.24, 2.45) is 11.8 Å². The molecule has 1 aliphatic rings. The first-order valence-electron chi connectivity index (χ1n) is 10.1. The van der Waals surface area contributed by atoms with Crippen LogP contribution in [0, 0.1) is 11.8 Å². The average Bonchev–Trinajstić information content (AvgIpc) is 2.93. The molecule has 3 unspecified atom stereocenters. The van der Waals surface area contributed by atoms with Crippen LogP contribution in [-0.2, 0) is 19.1 Å². The van der Waals surface area contributed by atoms with Crippen molar-refractivity contribution in [3.05, 3.63) is 12.2 Å². The minimum absolute atomic E-state index is 0.0782. The Balaban J connectivity index is 2.51. The van der Waals surface area contributed by atoms with Gasteiger partial charge in [-0.05, 0) is 38.0 Å². The molecule has 0 aromatic rings. The third-order valence-electron chi connectivity index (χ3n) is 5.33. The van der Waals surface area contributed by atoms with Crippen molar-refractivity contribution < 1.29 is 27.9 Å². The topological polar surface area (TPSA) is 60.4 Å². The molecule has 0 aromatic heterocycles. The van der Waals surface area contributed by atoms with Gasteiger partial charge in [-0.15, -0.1) is 0 Å². The Morgan fingerprint density at radius 2 is 1.96 bits per heavy atom. The molecule has 0 spiro atoms. The van der Waals surface area contributed by atoms with Gasteiger partial charge < -0.3 is 4.74 Å². The number of hydrogen-bond acceptors (Lipinski definition) is 5.